The Labute approximate surface area is 173 Å². The van der Waals surface area contributed by atoms with Gasteiger partial charge in [-0.05, 0) is 43.2 Å². The van der Waals surface area contributed by atoms with E-state index in [1.807, 2.05) is 26.0 Å². The predicted molar refractivity (Wildman–Crippen MR) is 112 cm³/mol. The SMILES string of the molecule is Cc1ccc(C)c(OC2CCN(C(=O)CN(C)S(=O)(=O)c3ccccc3)CC2)c1. The fraction of sp³-hybridized carbons (Fsp3) is 0.409. The molecule has 1 aliphatic rings. The monoisotopic (exact) mass is 416 g/mol. The molecule has 0 bridgehead atoms. The molecule has 3 rings (SSSR count). The number of carbonyl (C=O) groups is 1. The average Bonchev–Trinajstić information content (AvgIpc) is 2.71. The molecule has 0 atom stereocenters. The second-order valence-corrected chi connectivity index (χ2v) is 9.59. The summed E-state index contributed by atoms with van der Waals surface area (Å²) in [5.74, 6) is 0.709. The molecule has 0 spiro atoms. The molecule has 1 aliphatic heterocycles. The zero-order valence-electron chi connectivity index (χ0n) is 17.2. The average molecular weight is 417 g/mol. The van der Waals surface area contributed by atoms with Crippen LogP contribution in [0, 0.1) is 13.8 Å². The highest BCUT2D eigenvalue weighted by Gasteiger charge is 2.28. The number of piperidine rings is 1. The lowest BCUT2D eigenvalue weighted by Crippen LogP contribution is -2.46. The smallest absolute Gasteiger partial charge is 0.243 e. The largest absolute Gasteiger partial charge is 0.490 e. The Bertz CT molecular complexity index is 952. The second kappa shape index (κ2) is 8.97. The molecule has 0 N–H and O–H groups in total. The van der Waals surface area contributed by atoms with Gasteiger partial charge < -0.3 is 9.64 Å². The van der Waals surface area contributed by atoms with Gasteiger partial charge >= 0.3 is 0 Å². The summed E-state index contributed by atoms with van der Waals surface area (Å²) in [5.41, 5.74) is 2.25. The molecule has 6 nitrogen and oxygen atoms in total. The van der Waals surface area contributed by atoms with Gasteiger partial charge in [0.1, 0.15) is 11.9 Å². The minimum atomic E-state index is -3.67. The third kappa shape index (κ3) is 5.16. The lowest BCUT2D eigenvalue weighted by molar-refractivity contribution is -0.133. The first-order valence-corrected chi connectivity index (χ1v) is 11.2. The van der Waals surface area contributed by atoms with Gasteiger partial charge in [0.05, 0.1) is 11.4 Å². The molecule has 7 heteroatoms. The number of benzene rings is 2. The van der Waals surface area contributed by atoms with Crippen LogP contribution in [-0.2, 0) is 14.8 Å². The van der Waals surface area contributed by atoms with Crippen molar-refractivity contribution in [2.24, 2.45) is 0 Å². The number of carbonyl (C=O) groups excluding carboxylic acids is 1. The standard InChI is InChI=1S/C22H28N2O4S/c1-17-9-10-18(2)21(15-17)28-19-11-13-24(14-12-19)22(25)16-23(3)29(26,27)20-7-5-4-6-8-20/h4-10,15,19H,11-14,16H2,1-3H3. The molecule has 0 aromatic heterocycles. The van der Waals surface area contributed by atoms with Crippen molar-refractivity contribution < 1.29 is 17.9 Å². The maximum Gasteiger partial charge on any atom is 0.243 e. The summed E-state index contributed by atoms with van der Waals surface area (Å²) in [6, 6.07) is 14.3. The maximum absolute atomic E-state index is 12.6. The minimum Gasteiger partial charge on any atom is -0.490 e. The number of hydrogen-bond donors (Lipinski definition) is 0. The Morgan fingerprint density at radius 2 is 1.76 bits per heavy atom. The molecule has 0 aliphatic carbocycles. The molecule has 1 amide bonds. The van der Waals surface area contributed by atoms with Crippen LogP contribution in [-0.4, -0.2) is 56.3 Å². The number of likely N-dealkylation sites (N-methyl/N-ethyl adjacent to an activating group) is 1. The number of amides is 1. The Morgan fingerprint density at radius 3 is 2.41 bits per heavy atom. The summed E-state index contributed by atoms with van der Waals surface area (Å²) >= 11 is 0. The molecule has 0 radical (unpaired) electrons. The number of hydrogen-bond acceptors (Lipinski definition) is 4. The first-order chi connectivity index (χ1) is 13.8. The van der Waals surface area contributed by atoms with E-state index in [2.05, 4.69) is 6.07 Å². The molecule has 0 saturated carbocycles. The van der Waals surface area contributed by atoms with Crippen LogP contribution in [0.5, 0.6) is 5.75 Å². The van der Waals surface area contributed by atoms with Crippen molar-refractivity contribution in [2.45, 2.75) is 37.7 Å². The van der Waals surface area contributed by atoms with Gasteiger partial charge in [-0.3, -0.25) is 4.79 Å². The molecule has 2 aromatic carbocycles. The van der Waals surface area contributed by atoms with Gasteiger partial charge in [0.2, 0.25) is 15.9 Å². The normalized spacial score (nSPS) is 15.5. The van der Waals surface area contributed by atoms with E-state index in [0.29, 0.717) is 13.1 Å². The number of likely N-dealkylation sites (tertiary alicyclic amines) is 1. The van der Waals surface area contributed by atoms with Crippen molar-refractivity contribution in [3.05, 3.63) is 59.7 Å². The highest BCUT2D eigenvalue weighted by molar-refractivity contribution is 7.89. The van der Waals surface area contributed by atoms with E-state index >= 15 is 0 Å². The highest BCUT2D eigenvalue weighted by Crippen LogP contribution is 2.24. The van der Waals surface area contributed by atoms with Gasteiger partial charge in [-0.1, -0.05) is 30.3 Å². The van der Waals surface area contributed by atoms with Gasteiger partial charge in [0.25, 0.3) is 0 Å². The summed E-state index contributed by atoms with van der Waals surface area (Å²) < 4.78 is 32.5. The first kappa shape index (κ1) is 21.3. The van der Waals surface area contributed by atoms with Crippen molar-refractivity contribution in [2.75, 3.05) is 26.7 Å². The zero-order chi connectivity index (χ0) is 21.0. The highest BCUT2D eigenvalue weighted by atomic mass is 32.2. The van der Waals surface area contributed by atoms with Crippen LogP contribution in [0.15, 0.2) is 53.4 Å². The lowest BCUT2D eigenvalue weighted by Gasteiger charge is -2.33. The van der Waals surface area contributed by atoms with E-state index in [4.69, 9.17) is 4.74 Å². The van der Waals surface area contributed by atoms with Gasteiger partial charge in [-0.2, -0.15) is 4.31 Å². The van der Waals surface area contributed by atoms with E-state index in [9.17, 15) is 13.2 Å². The number of ether oxygens (including phenoxy) is 1. The van der Waals surface area contributed by atoms with Crippen molar-refractivity contribution in [1.29, 1.82) is 0 Å². The van der Waals surface area contributed by atoms with E-state index in [0.717, 1.165) is 34.0 Å². The Balaban J connectivity index is 1.54. The number of sulfonamides is 1. The summed E-state index contributed by atoms with van der Waals surface area (Å²) in [7, 11) is -2.23. The van der Waals surface area contributed by atoms with Crippen LogP contribution in [0.3, 0.4) is 0 Å². The molecule has 156 valence electrons. The van der Waals surface area contributed by atoms with Crippen LogP contribution < -0.4 is 4.74 Å². The van der Waals surface area contributed by atoms with Gasteiger partial charge in [-0.15, -0.1) is 0 Å². The molecule has 1 fully saturated rings. The van der Waals surface area contributed by atoms with E-state index in [1.165, 1.54) is 19.2 Å². The summed E-state index contributed by atoms with van der Waals surface area (Å²) in [4.78, 5) is 14.5. The molecular weight excluding hydrogens is 388 g/mol. The molecule has 2 aromatic rings. The van der Waals surface area contributed by atoms with Crippen LogP contribution >= 0.6 is 0 Å². The Hall–Kier alpha value is -2.38. The second-order valence-electron chi connectivity index (χ2n) is 7.54. The van der Waals surface area contributed by atoms with Crippen LogP contribution in [0.25, 0.3) is 0 Å². The van der Waals surface area contributed by atoms with Crippen molar-refractivity contribution >= 4 is 15.9 Å². The third-order valence-electron chi connectivity index (χ3n) is 5.24. The van der Waals surface area contributed by atoms with E-state index < -0.39 is 10.0 Å². The third-order valence-corrected chi connectivity index (χ3v) is 7.06. The molecule has 29 heavy (non-hydrogen) atoms. The minimum absolute atomic E-state index is 0.0605. The number of aryl methyl sites for hydroxylation is 2. The zero-order valence-corrected chi connectivity index (χ0v) is 18.0. The Kier molecular flexibility index (Phi) is 6.59. The lowest BCUT2D eigenvalue weighted by atomic mass is 10.1. The van der Waals surface area contributed by atoms with Crippen molar-refractivity contribution in [3.8, 4) is 5.75 Å². The predicted octanol–water partition coefficient (Wildman–Crippen LogP) is 2.99. The molecule has 0 unspecified atom stereocenters. The summed E-state index contributed by atoms with van der Waals surface area (Å²) in [5, 5.41) is 0. The fourth-order valence-electron chi connectivity index (χ4n) is 3.38. The van der Waals surface area contributed by atoms with Crippen LogP contribution in [0.2, 0.25) is 0 Å². The maximum atomic E-state index is 12.6. The van der Waals surface area contributed by atoms with E-state index in [-0.39, 0.29) is 23.5 Å². The molecule has 1 heterocycles. The van der Waals surface area contributed by atoms with Crippen molar-refractivity contribution in [3.63, 3.8) is 0 Å². The van der Waals surface area contributed by atoms with Crippen LogP contribution in [0.4, 0.5) is 0 Å². The Morgan fingerprint density at radius 1 is 1.10 bits per heavy atom. The number of nitrogens with zero attached hydrogens (tertiary/aromatic N) is 2. The van der Waals surface area contributed by atoms with Gasteiger partial charge in [-0.25, -0.2) is 8.42 Å². The van der Waals surface area contributed by atoms with Crippen molar-refractivity contribution in [1.82, 2.24) is 9.21 Å². The molecule has 1 saturated heterocycles. The topological polar surface area (TPSA) is 66.9 Å². The first-order valence-electron chi connectivity index (χ1n) is 9.80. The van der Waals surface area contributed by atoms with Gasteiger partial charge in [0, 0.05) is 33.0 Å². The molecular formula is C22H28N2O4S. The summed E-state index contributed by atoms with van der Waals surface area (Å²) in [6.07, 6.45) is 1.52. The van der Waals surface area contributed by atoms with E-state index in [1.54, 1.807) is 23.1 Å². The summed E-state index contributed by atoms with van der Waals surface area (Å²) in [6.45, 7) is 5.02. The van der Waals surface area contributed by atoms with Crippen LogP contribution in [0.1, 0.15) is 24.0 Å². The fourth-order valence-corrected chi connectivity index (χ4v) is 4.53. The number of rotatable bonds is 6. The van der Waals surface area contributed by atoms with Gasteiger partial charge in [0.15, 0.2) is 0 Å². The quantitative estimate of drug-likeness (QED) is 0.726.